The number of pyridine rings is 1. The summed E-state index contributed by atoms with van der Waals surface area (Å²) in [4.78, 5) is 38.9. The Kier molecular flexibility index (Phi) is 6.45. The number of sulfonamides is 1. The average molecular weight is 547 g/mol. The van der Waals surface area contributed by atoms with Crippen molar-refractivity contribution in [3.05, 3.63) is 52.3 Å². The van der Waals surface area contributed by atoms with Crippen LogP contribution in [0, 0.1) is 6.92 Å². The number of aromatic amines is 1. The zero-order chi connectivity index (χ0) is 25.6. The van der Waals surface area contributed by atoms with Gasteiger partial charge in [0.2, 0.25) is 5.91 Å². The Morgan fingerprint density at radius 1 is 1.25 bits per heavy atom. The van der Waals surface area contributed by atoms with Gasteiger partial charge in [-0.05, 0) is 37.3 Å². The highest BCUT2D eigenvalue weighted by Gasteiger charge is 2.38. The van der Waals surface area contributed by atoms with Gasteiger partial charge in [0.05, 0.1) is 16.3 Å². The van der Waals surface area contributed by atoms with Crippen LogP contribution in [-0.2, 0) is 14.8 Å². The summed E-state index contributed by atoms with van der Waals surface area (Å²) in [7, 11) is -2.40. The fourth-order valence-electron chi connectivity index (χ4n) is 4.31. The predicted octanol–water partition coefficient (Wildman–Crippen LogP) is 2.79. The van der Waals surface area contributed by atoms with Crippen molar-refractivity contribution in [1.29, 1.82) is 0 Å². The first-order valence-corrected chi connectivity index (χ1v) is 13.8. The summed E-state index contributed by atoms with van der Waals surface area (Å²) in [6.45, 7) is 2.03. The van der Waals surface area contributed by atoms with Gasteiger partial charge in [-0.3, -0.25) is 14.6 Å². The van der Waals surface area contributed by atoms with Gasteiger partial charge < -0.3 is 15.2 Å². The van der Waals surface area contributed by atoms with Gasteiger partial charge in [0.25, 0.3) is 15.9 Å². The van der Waals surface area contributed by atoms with E-state index in [1.807, 2.05) is 13.0 Å². The molecule has 2 N–H and O–H groups in total. The summed E-state index contributed by atoms with van der Waals surface area (Å²) < 4.78 is 29.1. The number of halogens is 1. The van der Waals surface area contributed by atoms with Crippen LogP contribution in [0.15, 0.2) is 41.6 Å². The first-order valence-electron chi connectivity index (χ1n) is 11.2. The number of thiazole rings is 1. The fourth-order valence-corrected chi connectivity index (χ4v) is 6.84. The maximum absolute atomic E-state index is 13.5. The molecule has 3 aromatic heterocycles. The number of benzene rings is 1. The number of rotatable bonds is 5. The molecule has 0 bridgehead atoms. The molecule has 10 nitrogen and oxygen atoms in total. The molecular formula is C23H23ClN6O4S2. The number of amides is 2. The van der Waals surface area contributed by atoms with Crippen molar-refractivity contribution in [3.8, 4) is 0 Å². The number of hydrogen-bond acceptors (Lipinski definition) is 7. The molecule has 188 valence electrons. The highest BCUT2D eigenvalue weighted by atomic mass is 35.5. The van der Waals surface area contributed by atoms with E-state index in [9.17, 15) is 18.0 Å². The lowest BCUT2D eigenvalue weighted by molar-refractivity contribution is -0.121. The van der Waals surface area contributed by atoms with Crippen LogP contribution in [0.1, 0.15) is 21.9 Å². The first kappa shape index (κ1) is 24.6. The molecule has 0 aliphatic carbocycles. The molecule has 0 saturated carbocycles. The van der Waals surface area contributed by atoms with Crippen LogP contribution in [0.25, 0.3) is 21.1 Å². The molecule has 1 aromatic carbocycles. The van der Waals surface area contributed by atoms with Crippen LogP contribution in [-0.4, -0.2) is 77.1 Å². The Morgan fingerprint density at radius 3 is 2.83 bits per heavy atom. The van der Waals surface area contributed by atoms with Crippen LogP contribution < -0.4 is 5.32 Å². The van der Waals surface area contributed by atoms with Crippen molar-refractivity contribution in [2.24, 2.45) is 0 Å². The molecule has 1 unspecified atom stereocenters. The molecule has 1 saturated heterocycles. The van der Waals surface area contributed by atoms with E-state index >= 15 is 0 Å². The molecule has 1 fully saturated rings. The monoisotopic (exact) mass is 546 g/mol. The molecular weight excluding hydrogens is 524 g/mol. The molecule has 4 aromatic rings. The number of nitrogens with one attached hydrogen (secondary N) is 2. The lowest BCUT2D eigenvalue weighted by Gasteiger charge is -2.40. The molecule has 0 radical (unpaired) electrons. The SMILES string of the molecule is CNC(=O)CC1CN(S(=O)(=O)c2cc3cc(Cl)ccc3[nH]2)CCN1C(=O)c1nc2cc(C)ncc2s1. The summed E-state index contributed by atoms with van der Waals surface area (Å²) in [5, 5.41) is 4.06. The number of H-pyrrole nitrogens is 1. The van der Waals surface area contributed by atoms with Gasteiger partial charge in [0.15, 0.2) is 5.01 Å². The first-order chi connectivity index (χ1) is 17.2. The second-order valence-electron chi connectivity index (χ2n) is 8.57. The molecule has 0 spiro atoms. The lowest BCUT2D eigenvalue weighted by Crippen LogP contribution is -2.57. The van der Waals surface area contributed by atoms with Crippen molar-refractivity contribution in [2.45, 2.75) is 24.4 Å². The maximum atomic E-state index is 13.5. The smallest absolute Gasteiger partial charge is 0.283 e. The summed E-state index contributed by atoms with van der Waals surface area (Å²) in [6.07, 6.45) is 1.64. The maximum Gasteiger partial charge on any atom is 0.283 e. The molecule has 5 rings (SSSR count). The van der Waals surface area contributed by atoms with Crippen molar-refractivity contribution in [2.75, 3.05) is 26.7 Å². The second kappa shape index (κ2) is 9.43. The molecule has 4 heterocycles. The quantitative estimate of drug-likeness (QED) is 0.396. The summed E-state index contributed by atoms with van der Waals surface area (Å²) in [5.41, 5.74) is 2.12. The van der Waals surface area contributed by atoms with Gasteiger partial charge in [0, 0.05) is 60.9 Å². The standard InChI is InChI=1S/C23H23ClN6O4S2/c1-13-7-18-19(11-26-13)35-22(28-18)23(32)30-6-5-29(12-16(30)10-20(31)25-2)36(33,34)21-9-14-8-15(24)3-4-17(14)27-21/h3-4,7-9,11,16,27H,5-6,10,12H2,1-2H3,(H,25,31). The Balaban J connectivity index is 1.43. The minimum absolute atomic E-state index is 0.0246. The number of carbonyl (C=O) groups excluding carboxylic acids is 2. The summed E-state index contributed by atoms with van der Waals surface area (Å²) >= 11 is 7.27. The van der Waals surface area contributed by atoms with E-state index in [0.717, 1.165) is 10.4 Å². The van der Waals surface area contributed by atoms with Crippen LogP contribution >= 0.6 is 22.9 Å². The zero-order valence-electron chi connectivity index (χ0n) is 19.5. The van der Waals surface area contributed by atoms with Crippen molar-refractivity contribution in [1.82, 2.24) is 29.5 Å². The highest BCUT2D eigenvalue weighted by Crippen LogP contribution is 2.28. The Bertz CT molecular complexity index is 1600. The summed E-state index contributed by atoms with van der Waals surface area (Å²) in [5.74, 6) is -0.624. The lowest BCUT2D eigenvalue weighted by atomic mass is 10.1. The summed E-state index contributed by atoms with van der Waals surface area (Å²) in [6, 6.07) is 7.77. The molecule has 2 amide bonds. The fraction of sp³-hybridized carbons (Fsp3) is 0.304. The van der Waals surface area contributed by atoms with E-state index in [1.54, 1.807) is 35.4 Å². The van der Waals surface area contributed by atoms with Gasteiger partial charge in [0.1, 0.15) is 5.03 Å². The number of nitrogens with zero attached hydrogens (tertiary/aromatic N) is 4. The third-order valence-electron chi connectivity index (χ3n) is 6.18. The van der Waals surface area contributed by atoms with E-state index in [-0.39, 0.29) is 47.9 Å². The van der Waals surface area contributed by atoms with Gasteiger partial charge in [-0.1, -0.05) is 11.6 Å². The predicted molar refractivity (Wildman–Crippen MR) is 138 cm³/mol. The molecule has 1 aliphatic rings. The number of aryl methyl sites for hydroxylation is 1. The van der Waals surface area contributed by atoms with E-state index < -0.39 is 16.1 Å². The van der Waals surface area contributed by atoms with Gasteiger partial charge in [-0.15, -0.1) is 11.3 Å². The topological polar surface area (TPSA) is 128 Å². The average Bonchev–Trinajstić information content (AvgIpc) is 3.47. The third-order valence-corrected chi connectivity index (χ3v) is 9.19. The number of piperazine rings is 1. The number of fused-ring (bicyclic) bond motifs is 2. The normalized spacial score (nSPS) is 17.1. The van der Waals surface area contributed by atoms with Crippen LogP contribution in [0.5, 0.6) is 0 Å². The molecule has 1 atom stereocenters. The van der Waals surface area contributed by atoms with Gasteiger partial charge >= 0.3 is 0 Å². The van der Waals surface area contributed by atoms with Crippen LogP contribution in [0.3, 0.4) is 0 Å². The third kappa shape index (κ3) is 4.57. The minimum Gasteiger partial charge on any atom is -0.359 e. The van der Waals surface area contributed by atoms with E-state index in [4.69, 9.17) is 11.6 Å². The van der Waals surface area contributed by atoms with Gasteiger partial charge in [-0.2, -0.15) is 4.31 Å². The number of carbonyl (C=O) groups is 2. The zero-order valence-corrected chi connectivity index (χ0v) is 21.9. The largest absolute Gasteiger partial charge is 0.359 e. The highest BCUT2D eigenvalue weighted by molar-refractivity contribution is 7.89. The minimum atomic E-state index is -3.91. The van der Waals surface area contributed by atoms with Crippen LogP contribution in [0.2, 0.25) is 5.02 Å². The Morgan fingerprint density at radius 2 is 2.06 bits per heavy atom. The molecule has 36 heavy (non-hydrogen) atoms. The van der Waals surface area contributed by atoms with Crippen molar-refractivity contribution in [3.63, 3.8) is 0 Å². The molecule has 13 heteroatoms. The van der Waals surface area contributed by atoms with E-state index in [2.05, 4.69) is 20.3 Å². The van der Waals surface area contributed by atoms with Crippen molar-refractivity contribution >= 4 is 65.9 Å². The number of hydrogen-bond donors (Lipinski definition) is 2. The Labute approximate surface area is 216 Å². The Hall–Kier alpha value is -3.06. The van der Waals surface area contributed by atoms with Crippen molar-refractivity contribution < 1.29 is 18.0 Å². The number of aromatic nitrogens is 3. The second-order valence-corrected chi connectivity index (χ2v) is 11.9. The molecule has 1 aliphatic heterocycles. The van der Waals surface area contributed by atoms with Gasteiger partial charge in [-0.25, -0.2) is 13.4 Å². The van der Waals surface area contributed by atoms with E-state index in [1.165, 1.54) is 22.7 Å². The van der Waals surface area contributed by atoms with Crippen LogP contribution in [0.4, 0.5) is 0 Å². The van der Waals surface area contributed by atoms with E-state index in [0.29, 0.717) is 21.4 Å².